The van der Waals surface area contributed by atoms with Crippen molar-refractivity contribution in [3.63, 3.8) is 0 Å². The molecule has 0 heterocycles. The maximum atomic E-state index is 11.8. The molecule has 0 saturated carbocycles. The Labute approximate surface area is 153 Å². The fraction of sp³-hybridized carbons (Fsp3) is 0.118. The van der Waals surface area contributed by atoms with Crippen LogP contribution in [0.3, 0.4) is 0 Å². The third-order valence-corrected chi connectivity index (χ3v) is 3.67. The lowest BCUT2D eigenvalue weighted by Crippen LogP contribution is -2.20. The van der Waals surface area contributed by atoms with Crippen LogP contribution in [0.5, 0.6) is 0 Å². The van der Waals surface area contributed by atoms with E-state index in [1.54, 1.807) is 30.3 Å². The van der Waals surface area contributed by atoms with Crippen molar-refractivity contribution >= 4 is 51.2 Å². The highest BCUT2D eigenvalue weighted by Gasteiger charge is 2.06. The van der Waals surface area contributed by atoms with Gasteiger partial charge in [-0.1, -0.05) is 45.7 Å². The lowest BCUT2D eigenvalue weighted by atomic mass is 10.2. The number of hydrogen-bond acceptors (Lipinski definition) is 3. The second kappa shape index (κ2) is 9.20. The van der Waals surface area contributed by atoms with Crippen LogP contribution in [0.4, 0.5) is 5.69 Å². The molecule has 0 aliphatic carbocycles. The smallest absolute Gasteiger partial charge is 0.240 e. The molecular weight excluding hydrogens is 394 g/mol. The van der Waals surface area contributed by atoms with Gasteiger partial charge in [-0.15, -0.1) is 0 Å². The molecule has 124 valence electrons. The second-order valence-corrected chi connectivity index (χ2v) is 6.26. The van der Waals surface area contributed by atoms with Gasteiger partial charge in [-0.05, 0) is 35.9 Å². The number of benzene rings is 2. The van der Waals surface area contributed by atoms with Crippen LogP contribution in [-0.2, 0) is 9.59 Å². The predicted molar refractivity (Wildman–Crippen MR) is 99.2 cm³/mol. The Morgan fingerprint density at radius 1 is 1.08 bits per heavy atom. The normalized spacial score (nSPS) is 10.6. The molecule has 0 unspecified atom stereocenters. The van der Waals surface area contributed by atoms with Crippen molar-refractivity contribution < 1.29 is 9.59 Å². The largest absolute Gasteiger partial charge is 0.326 e. The highest BCUT2D eigenvalue weighted by Crippen LogP contribution is 2.15. The standard InChI is InChI=1S/C17H15BrClN3O2/c18-13-4-2-6-15(10-13)21-16(23)7-8-17(24)22-20-11-12-3-1-5-14(19)9-12/h1-6,9-11H,7-8H2,(H,21,23)(H,22,24)/b20-11-. The summed E-state index contributed by atoms with van der Waals surface area (Å²) >= 11 is 9.18. The van der Waals surface area contributed by atoms with E-state index in [-0.39, 0.29) is 24.7 Å². The van der Waals surface area contributed by atoms with Crippen LogP contribution in [0.25, 0.3) is 0 Å². The van der Waals surface area contributed by atoms with Gasteiger partial charge in [0.25, 0.3) is 0 Å². The van der Waals surface area contributed by atoms with Gasteiger partial charge < -0.3 is 5.32 Å². The fourth-order valence-electron chi connectivity index (χ4n) is 1.84. The number of carbonyl (C=O) groups excluding carboxylic acids is 2. The number of carbonyl (C=O) groups is 2. The summed E-state index contributed by atoms with van der Waals surface area (Å²) in [5.74, 6) is -0.570. The summed E-state index contributed by atoms with van der Waals surface area (Å²) in [6, 6.07) is 14.3. The predicted octanol–water partition coefficient (Wildman–Crippen LogP) is 3.97. The zero-order chi connectivity index (χ0) is 17.4. The first-order valence-electron chi connectivity index (χ1n) is 7.16. The number of hydrogen-bond donors (Lipinski definition) is 2. The monoisotopic (exact) mass is 407 g/mol. The lowest BCUT2D eigenvalue weighted by Gasteiger charge is -2.05. The quantitative estimate of drug-likeness (QED) is 0.561. The SMILES string of the molecule is O=C(CCC(=O)Nc1cccc(Br)c1)N/N=C\c1cccc(Cl)c1. The average Bonchev–Trinajstić information content (AvgIpc) is 2.53. The molecule has 2 rings (SSSR count). The van der Waals surface area contributed by atoms with Gasteiger partial charge in [0, 0.05) is 28.0 Å². The number of rotatable bonds is 6. The van der Waals surface area contributed by atoms with E-state index in [1.807, 2.05) is 18.2 Å². The Hall–Kier alpha value is -2.18. The molecule has 2 amide bonds. The molecule has 0 atom stereocenters. The van der Waals surface area contributed by atoms with E-state index in [0.717, 1.165) is 10.0 Å². The van der Waals surface area contributed by atoms with E-state index in [2.05, 4.69) is 31.8 Å². The van der Waals surface area contributed by atoms with Gasteiger partial charge in [-0.2, -0.15) is 5.10 Å². The maximum absolute atomic E-state index is 11.8. The van der Waals surface area contributed by atoms with Gasteiger partial charge in [0.1, 0.15) is 0 Å². The third-order valence-electron chi connectivity index (χ3n) is 2.94. The molecule has 2 aromatic carbocycles. The van der Waals surface area contributed by atoms with Crippen LogP contribution < -0.4 is 10.7 Å². The zero-order valence-corrected chi connectivity index (χ0v) is 15.0. The molecule has 0 aliphatic heterocycles. The number of halogens is 2. The maximum Gasteiger partial charge on any atom is 0.240 e. The Kier molecular flexibility index (Phi) is 6.96. The van der Waals surface area contributed by atoms with Crippen molar-refractivity contribution in [3.8, 4) is 0 Å². The van der Waals surface area contributed by atoms with E-state index >= 15 is 0 Å². The van der Waals surface area contributed by atoms with Crippen molar-refractivity contribution in [2.75, 3.05) is 5.32 Å². The number of hydrazone groups is 1. The summed E-state index contributed by atoms with van der Waals surface area (Å²) in [5, 5.41) is 7.15. The van der Waals surface area contributed by atoms with E-state index in [1.165, 1.54) is 6.21 Å². The minimum Gasteiger partial charge on any atom is -0.326 e. The first-order chi connectivity index (χ1) is 11.5. The minimum absolute atomic E-state index is 0.0483. The van der Waals surface area contributed by atoms with Crippen LogP contribution in [-0.4, -0.2) is 18.0 Å². The molecular formula is C17H15BrClN3O2. The first-order valence-corrected chi connectivity index (χ1v) is 8.33. The van der Waals surface area contributed by atoms with Gasteiger partial charge in [0.15, 0.2) is 0 Å². The van der Waals surface area contributed by atoms with Gasteiger partial charge in [-0.3, -0.25) is 9.59 Å². The number of nitrogens with one attached hydrogen (secondary N) is 2. The highest BCUT2D eigenvalue weighted by atomic mass is 79.9. The molecule has 0 aliphatic rings. The van der Waals surface area contributed by atoms with E-state index in [0.29, 0.717) is 10.7 Å². The number of amides is 2. The number of nitrogens with zero attached hydrogens (tertiary/aromatic N) is 1. The summed E-state index contributed by atoms with van der Waals surface area (Å²) in [7, 11) is 0. The zero-order valence-electron chi connectivity index (χ0n) is 12.6. The molecule has 5 nitrogen and oxygen atoms in total. The molecule has 0 aromatic heterocycles. The van der Waals surface area contributed by atoms with Crippen molar-refractivity contribution in [2.24, 2.45) is 5.10 Å². The van der Waals surface area contributed by atoms with Gasteiger partial charge in [0.05, 0.1) is 6.21 Å². The van der Waals surface area contributed by atoms with Crippen molar-refractivity contribution in [3.05, 3.63) is 63.6 Å². The molecule has 0 spiro atoms. The Bertz CT molecular complexity index is 765. The molecule has 2 N–H and O–H groups in total. The lowest BCUT2D eigenvalue weighted by molar-refractivity contribution is -0.124. The molecule has 0 radical (unpaired) electrons. The van der Waals surface area contributed by atoms with Crippen molar-refractivity contribution in [1.82, 2.24) is 5.43 Å². The summed E-state index contributed by atoms with van der Waals surface area (Å²) in [4.78, 5) is 23.5. The summed E-state index contributed by atoms with van der Waals surface area (Å²) in [5.41, 5.74) is 3.83. The van der Waals surface area contributed by atoms with E-state index in [4.69, 9.17) is 11.6 Å². The summed E-state index contributed by atoms with van der Waals surface area (Å²) < 4.78 is 0.869. The topological polar surface area (TPSA) is 70.6 Å². The van der Waals surface area contributed by atoms with Crippen LogP contribution in [0, 0.1) is 0 Å². The Morgan fingerprint density at radius 2 is 1.83 bits per heavy atom. The first kappa shape index (κ1) is 18.2. The molecule has 24 heavy (non-hydrogen) atoms. The molecule has 0 saturated heterocycles. The number of anilines is 1. The summed E-state index contributed by atoms with van der Waals surface area (Å²) in [6.07, 6.45) is 1.61. The van der Waals surface area contributed by atoms with Crippen LogP contribution in [0.15, 0.2) is 58.1 Å². The molecule has 7 heteroatoms. The highest BCUT2D eigenvalue weighted by molar-refractivity contribution is 9.10. The molecule has 2 aromatic rings. The Balaban J connectivity index is 1.73. The van der Waals surface area contributed by atoms with Crippen LogP contribution >= 0.6 is 27.5 Å². The third kappa shape index (κ3) is 6.52. The van der Waals surface area contributed by atoms with Crippen LogP contribution in [0.2, 0.25) is 5.02 Å². The van der Waals surface area contributed by atoms with Gasteiger partial charge >= 0.3 is 0 Å². The average molecular weight is 409 g/mol. The van der Waals surface area contributed by atoms with Crippen molar-refractivity contribution in [1.29, 1.82) is 0 Å². The molecule has 0 bridgehead atoms. The minimum atomic E-state index is -0.335. The van der Waals surface area contributed by atoms with E-state index < -0.39 is 0 Å². The molecule has 0 fully saturated rings. The second-order valence-electron chi connectivity index (χ2n) is 4.91. The summed E-state index contributed by atoms with van der Waals surface area (Å²) in [6.45, 7) is 0. The van der Waals surface area contributed by atoms with Gasteiger partial charge in [-0.25, -0.2) is 5.43 Å². The van der Waals surface area contributed by atoms with Gasteiger partial charge in [0.2, 0.25) is 11.8 Å². The fourth-order valence-corrected chi connectivity index (χ4v) is 2.44. The van der Waals surface area contributed by atoms with Crippen molar-refractivity contribution in [2.45, 2.75) is 12.8 Å². The Morgan fingerprint density at radius 3 is 2.58 bits per heavy atom. The van der Waals surface area contributed by atoms with E-state index in [9.17, 15) is 9.59 Å². The van der Waals surface area contributed by atoms with Crippen LogP contribution in [0.1, 0.15) is 18.4 Å².